The number of hydrogen-bond acceptors (Lipinski definition) is 5. The van der Waals surface area contributed by atoms with Crippen LogP contribution in [0.25, 0.3) is 0 Å². The normalized spacial score (nSPS) is 11.7. The van der Waals surface area contributed by atoms with E-state index in [9.17, 15) is 10.1 Å². The first-order valence-corrected chi connectivity index (χ1v) is 7.58. The van der Waals surface area contributed by atoms with E-state index in [1.165, 1.54) is 20.3 Å². The fourth-order valence-electron chi connectivity index (χ4n) is 2.15. The van der Waals surface area contributed by atoms with Crippen LogP contribution in [-0.4, -0.2) is 19.1 Å². The highest BCUT2D eigenvalue weighted by molar-refractivity contribution is 9.10. The van der Waals surface area contributed by atoms with Crippen LogP contribution in [-0.2, 0) is 0 Å². The molecule has 0 radical (unpaired) electrons. The summed E-state index contributed by atoms with van der Waals surface area (Å²) in [5.74, 6) is 1.34. The van der Waals surface area contributed by atoms with Crippen molar-refractivity contribution in [2.45, 2.75) is 13.0 Å². The Bertz CT molecular complexity index is 702. The van der Waals surface area contributed by atoms with Crippen LogP contribution in [0, 0.1) is 10.1 Å². The highest BCUT2D eigenvalue weighted by Gasteiger charge is 2.24. The van der Waals surface area contributed by atoms with Crippen molar-refractivity contribution < 1.29 is 19.1 Å². The second-order valence-corrected chi connectivity index (χ2v) is 5.65. The zero-order valence-electron chi connectivity index (χ0n) is 12.9. The number of halogens is 1. The van der Waals surface area contributed by atoms with Crippen LogP contribution in [0.3, 0.4) is 0 Å². The molecule has 0 amide bonds. The van der Waals surface area contributed by atoms with Crippen LogP contribution in [0.15, 0.2) is 40.9 Å². The van der Waals surface area contributed by atoms with Gasteiger partial charge >= 0.3 is 0 Å². The number of nitro groups is 1. The first kappa shape index (κ1) is 17.1. The molecule has 122 valence electrons. The van der Waals surface area contributed by atoms with Gasteiger partial charge in [0.15, 0.2) is 11.5 Å². The summed E-state index contributed by atoms with van der Waals surface area (Å²) in [4.78, 5) is 10.9. The molecule has 23 heavy (non-hydrogen) atoms. The number of ether oxygens (including phenoxy) is 3. The lowest BCUT2D eigenvalue weighted by Crippen LogP contribution is -2.07. The predicted octanol–water partition coefficient (Wildman–Crippen LogP) is 4.51. The van der Waals surface area contributed by atoms with Crippen LogP contribution < -0.4 is 14.2 Å². The third-order valence-corrected chi connectivity index (χ3v) is 3.82. The molecular weight excluding hydrogens is 366 g/mol. The molecule has 0 aliphatic heterocycles. The Morgan fingerprint density at radius 2 is 1.65 bits per heavy atom. The fourth-order valence-corrected chi connectivity index (χ4v) is 2.41. The zero-order chi connectivity index (χ0) is 17.0. The Hall–Kier alpha value is -2.28. The van der Waals surface area contributed by atoms with E-state index in [4.69, 9.17) is 14.2 Å². The van der Waals surface area contributed by atoms with Gasteiger partial charge in [-0.15, -0.1) is 0 Å². The molecule has 0 saturated heterocycles. The summed E-state index contributed by atoms with van der Waals surface area (Å²) in [5.41, 5.74) is 0.336. The summed E-state index contributed by atoms with van der Waals surface area (Å²) in [5, 5.41) is 11.3. The molecular formula is C16H16BrNO5. The minimum Gasteiger partial charge on any atom is -0.493 e. The van der Waals surface area contributed by atoms with Crippen LogP contribution >= 0.6 is 15.9 Å². The summed E-state index contributed by atoms with van der Waals surface area (Å²) in [7, 11) is 2.91. The van der Waals surface area contributed by atoms with E-state index in [0.717, 1.165) is 4.47 Å². The van der Waals surface area contributed by atoms with Crippen LogP contribution in [0.2, 0.25) is 0 Å². The third-order valence-electron chi connectivity index (χ3n) is 3.29. The number of nitrogens with zero attached hydrogens (tertiary/aromatic N) is 1. The smallest absolute Gasteiger partial charge is 0.280 e. The molecule has 0 heterocycles. The minimum atomic E-state index is -0.531. The van der Waals surface area contributed by atoms with E-state index in [1.807, 2.05) is 12.1 Å². The Morgan fingerprint density at radius 1 is 1.09 bits per heavy atom. The lowest BCUT2D eigenvalue weighted by molar-refractivity contribution is -0.386. The highest BCUT2D eigenvalue weighted by Crippen LogP contribution is 2.38. The van der Waals surface area contributed by atoms with E-state index < -0.39 is 11.0 Å². The van der Waals surface area contributed by atoms with Gasteiger partial charge < -0.3 is 14.2 Å². The van der Waals surface area contributed by atoms with Crippen molar-refractivity contribution in [2.24, 2.45) is 0 Å². The molecule has 2 aromatic carbocycles. The molecule has 0 spiro atoms. The van der Waals surface area contributed by atoms with Gasteiger partial charge in [0.05, 0.1) is 30.8 Å². The number of nitro benzene ring substituents is 1. The van der Waals surface area contributed by atoms with Crippen molar-refractivity contribution in [3.63, 3.8) is 0 Å². The maximum absolute atomic E-state index is 11.3. The summed E-state index contributed by atoms with van der Waals surface area (Å²) < 4.78 is 17.1. The van der Waals surface area contributed by atoms with Crippen molar-refractivity contribution in [3.05, 3.63) is 56.5 Å². The second-order valence-electron chi connectivity index (χ2n) is 4.74. The van der Waals surface area contributed by atoms with Crippen LogP contribution in [0.1, 0.15) is 18.6 Å². The van der Waals surface area contributed by atoms with Crippen LogP contribution in [0.4, 0.5) is 5.69 Å². The number of rotatable bonds is 6. The Kier molecular flexibility index (Phi) is 5.44. The van der Waals surface area contributed by atoms with Gasteiger partial charge in [0.2, 0.25) is 0 Å². The van der Waals surface area contributed by atoms with E-state index in [2.05, 4.69) is 15.9 Å². The molecule has 1 atom stereocenters. The van der Waals surface area contributed by atoms with E-state index >= 15 is 0 Å². The fraction of sp³-hybridized carbons (Fsp3) is 0.250. The molecule has 6 nitrogen and oxygen atoms in total. The maximum Gasteiger partial charge on any atom is 0.280 e. The molecule has 1 unspecified atom stereocenters. The SMILES string of the molecule is COc1cc(C(C)Oc2ccc(Br)cc2)c([N+](=O)[O-])cc1OC. The molecule has 7 heteroatoms. The first-order valence-electron chi connectivity index (χ1n) is 6.78. The summed E-state index contributed by atoms with van der Waals surface area (Å²) in [6, 6.07) is 10.2. The Morgan fingerprint density at radius 3 is 2.17 bits per heavy atom. The van der Waals surface area contributed by atoms with Crippen molar-refractivity contribution >= 4 is 21.6 Å². The molecule has 0 bridgehead atoms. The van der Waals surface area contributed by atoms with Crippen LogP contribution in [0.5, 0.6) is 17.2 Å². The van der Waals surface area contributed by atoms with Crippen molar-refractivity contribution in [3.8, 4) is 17.2 Å². The third kappa shape index (κ3) is 3.92. The first-order chi connectivity index (χ1) is 11.0. The summed E-state index contributed by atoms with van der Waals surface area (Å²) >= 11 is 3.35. The minimum absolute atomic E-state index is 0.0766. The lowest BCUT2D eigenvalue weighted by atomic mass is 10.1. The van der Waals surface area contributed by atoms with Gasteiger partial charge in [0.25, 0.3) is 5.69 Å². The van der Waals surface area contributed by atoms with Crippen molar-refractivity contribution in [1.29, 1.82) is 0 Å². The second kappa shape index (κ2) is 7.32. The molecule has 2 rings (SSSR count). The summed E-state index contributed by atoms with van der Waals surface area (Å²) in [6.07, 6.45) is -0.531. The molecule has 0 aromatic heterocycles. The van der Waals surface area contributed by atoms with E-state index in [0.29, 0.717) is 22.8 Å². The average Bonchev–Trinajstić information content (AvgIpc) is 2.55. The predicted molar refractivity (Wildman–Crippen MR) is 89.4 cm³/mol. The van der Waals surface area contributed by atoms with E-state index in [-0.39, 0.29) is 5.69 Å². The molecule has 0 saturated carbocycles. The summed E-state index contributed by atoms with van der Waals surface area (Å²) in [6.45, 7) is 1.75. The van der Waals surface area contributed by atoms with Gasteiger partial charge in [-0.3, -0.25) is 10.1 Å². The Balaban J connectivity index is 2.39. The van der Waals surface area contributed by atoms with Gasteiger partial charge in [0.1, 0.15) is 11.9 Å². The Labute approximate surface area is 142 Å². The quantitative estimate of drug-likeness (QED) is 0.543. The number of hydrogen-bond donors (Lipinski definition) is 0. The van der Waals surface area contributed by atoms with Gasteiger partial charge in [-0.1, -0.05) is 15.9 Å². The average molecular weight is 382 g/mol. The standard InChI is InChI=1S/C16H16BrNO5/c1-10(23-12-6-4-11(17)5-7-12)13-8-15(21-2)16(22-3)9-14(13)18(19)20/h4-10H,1-3H3. The molecule has 0 aliphatic rings. The molecule has 0 N–H and O–H groups in total. The van der Waals surface area contributed by atoms with Gasteiger partial charge in [-0.25, -0.2) is 0 Å². The number of methoxy groups -OCH3 is 2. The van der Waals surface area contributed by atoms with Gasteiger partial charge in [0, 0.05) is 4.47 Å². The van der Waals surface area contributed by atoms with Gasteiger partial charge in [-0.05, 0) is 37.3 Å². The van der Waals surface area contributed by atoms with Gasteiger partial charge in [-0.2, -0.15) is 0 Å². The molecule has 2 aromatic rings. The maximum atomic E-state index is 11.3. The zero-order valence-corrected chi connectivity index (χ0v) is 14.5. The lowest BCUT2D eigenvalue weighted by Gasteiger charge is -2.17. The van der Waals surface area contributed by atoms with E-state index in [1.54, 1.807) is 25.1 Å². The van der Waals surface area contributed by atoms with Crippen molar-refractivity contribution in [2.75, 3.05) is 14.2 Å². The largest absolute Gasteiger partial charge is 0.493 e. The molecule has 0 aliphatic carbocycles. The monoisotopic (exact) mass is 381 g/mol. The number of benzene rings is 2. The molecule has 0 fully saturated rings. The topological polar surface area (TPSA) is 70.8 Å². The highest BCUT2D eigenvalue weighted by atomic mass is 79.9. The van der Waals surface area contributed by atoms with Crippen molar-refractivity contribution in [1.82, 2.24) is 0 Å².